The van der Waals surface area contributed by atoms with Crippen LogP contribution in [0, 0.1) is 0 Å². The molecule has 0 saturated carbocycles. The molecule has 0 radical (unpaired) electrons. The topological polar surface area (TPSA) is 45.2 Å². The molecule has 0 bridgehead atoms. The lowest BCUT2D eigenvalue weighted by atomic mass is 9.33. The Morgan fingerprint density at radius 1 is 0.234 bits per heavy atom. The van der Waals surface area contributed by atoms with Gasteiger partial charge >= 0.3 is 0 Å². The summed E-state index contributed by atoms with van der Waals surface area (Å²) in [6.45, 7) is 28.0. The molecule has 1 aromatic heterocycles. The molecule has 15 aromatic carbocycles. The molecule has 18 rings (SSSR count). The number of anilines is 6. The summed E-state index contributed by atoms with van der Waals surface area (Å²) < 4.78 is 0. The number of hydrogen-bond acceptors (Lipinski definition) is 5. The fraction of sp³-hybridized carbons (Fsp3) is 0.158. The summed E-state index contributed by atoms with van der Waals surface area (Å²) in [6, 6.07) is 113. The van der Waals surface area contributed by atoms with Gasteiger partial charge in [-0.05, 0) is 234 Å². The first kappa shape index (κ1) is 66.9. The molecule has 0 atom stereocenters. The molecule has 0 fully saturated rings. The average molecular weight is 1380 g/mol. The summed E-state index contributed by atoms with van der Waals surface area (Å²) in [4.78, 5) is 23.0. The summed E-state index contributed by atoms with van der Waals surface area (Å²) in [6.07, 6.45) is 0. The van der Waals surface area contributed by atoms with E-state index < -0.39 is 0 Å². The molecule has 2 aliphatic rings. The molecule has 0 saturated heterocycles. The lowest BCUT2D eigenvalue weighted by Crippen LogP contribution is -2.61. The number of aromatic nitrogens is 3. The predicted molar refractivity (Wildman–Crippen MR) is 457 cm³/mol. The van der Waals surface area contributed by atoms with Crippen molar-refractivity contribution in [3.05, 3.63) is 326 Å². The van der Waals surface area contributed by atoms with Crippen molar-refractivity contribution in [2.45, 2.75) is 105 Å². The molecule has 107 heavy (non-hydrogen) atoms. The van der Waals surface area contributed by atoms with Gasteiger partial charge < -0.3 is 9.80 Å². The standard InChI is InChI=1S/C101H86BN5/c1-98(2,3)80-57-81(99(4,5)6)60-84(59-80)106-90-55-79(97-104-95(77-49-73(63-29-17-13-18-30-63)47-74(50-77)64-31-19-14-20-32-64)103-96(105-97)78-51-75(65-33-21-15-22-34-65)48-76(52-78)66-35-23-16-24-36-66)56-91-92(90)102(88-43-41-71-45-67-37-25-27-39-69(67)53-86(71)93(88)106)89-44-42-72-46-68-38-26-28-40-70(68)54-87(72)94(89)107(91)85-61-82(100(7,8)9)58-83(62-85)101(10,11)12/h13-62H,1-12H3. The summed E-state index contributed by atoms with van der Waals surface area (Å²) >= 11 is 0. The lowest BCUT2D eigenvalue weighted by Gasteiger charge is -2.46. The van der Waals surface area contributed by atoms with E-state index in [1.165, 1.54) is 81.7 Å². The van der Waals surface area contributed by atoms with Crippen molar-refractivity contribution >= 4 is 100 Å². The van der Waals surface area contributed by atoms with E-state index >= 15 is 0 Å². The second kappa shape index (κ2) is 25.4. The van der Waals surface area contributed by atoms with Gasteiger partial charge in [-0.2, -0.15) is 0 Å². The smallest absolute Gasteiger partial charge is 0.252 e. The third-order valence-corrected chi connectivity index (χ3v) is 22.3. The van der Waals surface area contributed by atoms with E-state index in [4.69, 9.17) is 15.0 Å². The highest BCUT2D eigenvalue weighted by atomic mass is 15.2. The van der Waals surface area contributed by atoms with Gasteiger partial charge in [0.15, 0.2) is 17.5 Å². The minimum absolute atomic E-state index is 0.203. The Labute approximate surface area is 630 Å². The molecule has 16 aromatic rings. The predicted octanol–water partition coefficient (Wildman–Crippen LogP) is 25.4. The quantitative estimate of drug-likeness (QED) is 0.106. The molecule has 518 valence electrons. The van der Waals surface area contributed by atoms with Gasteiger partial charge in [0.05, 0.1) is 0 Å². The minimum Gasteiger partial charge on any atom is -0.311 e. The maximum absolute atomic E-state index is 5.97. The van der Waals surface area contributed by atoms with Gasteiger partial charge in [-0.25, -0.2) is 15.0 Å². The summed E-state index contributed by atoms with van der Waals surface area (Å²) in [5, 5.41) is 9.53. The summed E-state index contributed by atoms with van der Waals surface area (Å²) in [5.41, 5.74) is 25.9. The minimum atomic E-state index is -0.238. The largest absolute Gasteiger partial charge is 0.311 e. The van der Waals surface area contributed by atoms with Crippen LogP contribution in [0.4, 0.5) is 34.1 Å². The van der Waals surface area contributed by atoms with E-state index in [0.717, 1.165) is 95.3 Å². The first-order valence-corrected chi connectivity index (χ1v) is 37.8. The first-order chi connectivity index (χ1) is 51.5. The van der Waals surface area contributed by atoms with Gasteiger partial charge in [0.25, 0.3) is 6.71 Å². The third-order valence-electron chi connectivity index (χ3n) is 22.3. The molecule has 6 heteroatoms. The van der Waals surface area contributed by atoms with Crippen LogP contribution in [0.1, 0.15) is 105 Å². The Balaban J connectivity index is 1.02. The van der Waals surface area contributed by atoms with E-state index in [1.807, 2.05) is 0 Å². The summed E-state index contributed by atoms with van der Waals surface area (Å²) in [7, 11) is 0. The highest BCUT2D eigenvalue weighted by Gasteiger charge is 2.46. The molecule has 3 heterocycles. The zero-order valence-corrected chi connectivity index (χ0v) is 63.2. The molecule has 0 amide bonds. The van der Waals surface area contributed by atoms with Crippen LogP contribution in [-0.4, -0.2) is 21.7 Å². The van der Waals surface area contributed by atoms with Crippen LogP contribution >= 0.6 is 0 Å². The van der Waals surface area contributed by atoms with Crippen molar-refractivity contribution in [1.29, 1.82) is 0 Å². The van der Waals surface area contributed by atoms with Crippen molar-refractivity contribution in [1.82, 2.24) is 15.0 Å². The van der Waals surface area contributed by atoms with Gasteiger partial charge in [0, 0.05) is 61.6 Å². The van der Waals surface area contributed by atoms with Gasteiger partial charge in [0.1, 0.15) is 0 Å². The van der Waals surface area contributed by atoms with Crippen molar-refractivity contribution < 1.29 is 0 Å². The number of rotatable bonds is 9. The maximum Gasteiger partial charge on any atom is 0.252 e. The molecule has 0 unspecified atom stereocenters. The second-order valence-corrected chi connectivity index (χ2v) is 33.8. The molecule has 2 aliphatic heterocycles. The van der Waals surface area contributed by atoms with Crippen LogP contribution in [0.25, 0.3) is 122 Å². The number of fused-ring (bicyclic) bond motifs is 10. The number of hydrogen-bond donors (Lipinski definition) is 0. The molecular weight excluding hydrogens is 1290 g/mol. The Bertz CT molecular complexity index is 5680. The number of benzene rings is 15. The molecular formula is C101H86BN5. The fourth-order valence-corrected chi connectivity index (χ4v) is 16.3. The van der Waals surface area contributed by atoms with Crippen LogP contribution in [-0.2, 0) is 21.7 Å². The van der Waals surface area contributed by atoms with Gasteiger partial charge in [0.2, 0.25) is 0 Å². The first-order valence-electron chi connectivity index (χ1n) is 37.8. The fourth-order valence-electron chi connectivity index (χ4n) is 16.3. The zero-order chi connectivity index (χ0) is 73.4. The Kier molecular flexibility index (Phi) is 15.9. The number of nitrogens with zero attached hydrogens (tertiary/aromatic N) is 5. The zero-order valence-electron chi connectivity index (χ0n) is 63.2. The molecule has 0 spiro atoms. The molecule has 0 aliphatic carbocycles. The monoisotopic (exact) mass is 1380 g/mol. The van der Waals surface area contributed by atoms with Crippen LogP contribution in [0.2, 0.25) is 0 Å². The molecule has 0 N–H and O–H groups in total. The van der Waals surface area contributed by atoms with E-state index in [2.05, 4.69) is 396 Å². The highest BCUT2D eigenvalue weighted by molar-refractivity contribution is 7.01. The van der Waals surface area contributed by atoms with E-state index in [9.17, 15) is 0 Å². The SMILES string of the molecule is CC(C)(C)c1cc(N2c3cc(-c4nc(-c5cc(-c6ccccc6)cc(-c6ccccc6)c5)nc(-c5cc(-c6ccccc6)cc(-c6ccccc6)c5)n4)cc4c3B(c3ccc5cc6ccccc6cc5c32)c2ccc3cc5ccccc5cc3c2N4c2cc(C(C)(C)C)cc(C(C)(C)C)c2)cc(C(C)(C)C)c1. The molecule has 5 nitrogen and oxygen atoms in total. The van der Waals surface area contributed by atoms with Crippen molar-refractivity contribution in [3.63, 3.8) is 0 Å². The normalized spacial score (nSPS) is 13.0. The van der Waals surface area contributed by atoms with Gasteiger partial charge in [-0.3, -0.25) is 0 Å². The van der Waals surface area contributed by atoms with Crippen LogP contribution in [0.3, 0.4) is 0 Å². The third kappa shape index (κ3) is 12.1. The van der Waals surface area contributed by atoms with Crippen molar-refractivity contribution in [2.75, 3.05) is 9.80 Å². The van der Waals surface area contributed by atoms with E-state index in [1.54, 1.807) is 0 Å². The van der Waals surface area contributed by atoms with Crippen LogP contribution < -0.4 is 26.2 Å². The van der Waals surface area contributed by atoms with Crippen LogP contribution in [0.15, 0.2) is 303 Å². The Morgan fingerprint density at radius 2 is 0.505 bits per heavy atom. The Morgan fingerprint density at radius 3 is 0.804 bits per heavy atom. The van der Waals surface area contributed by atoms with E-state index in [0.29, 0.717) is 17.5 Å². The van der Waals surface area contributed by atoms with Crippen molar-refractivity contribution in [3.8, 4) is 78.7 Å². The highest BCUT2D eigenvalue weighted by Crippen LogP contribution is 2.52. The van der Waals surface area contributed by atoms with Crippen LogP contribution in [0.5, 0.6) is 0 Å². The van der Waals surface area contributed by atoms with Crippen molar-refractivity contribution in [2.24, 2.45) is 0 Å². The Hall–Kier alpha value is -12.0. The summed E-state index contributed by atoms with van der Waals surface area (Å²) in [5.74, 6) is 1.69. The van der Waals surface area contributed by atoms with E-state index in [-0.39, 0.29) is 28.4 Å². The van der Waals surface area contributed by atoms with Gasteiger partial charge in [-0.1, -0.05) is 289 Å². The lowest BCUT2D eigenvalue weighted by molar-refractivity contribution is 0.568. The van der Waals surface area contributed by atoms with Gasteiger partial charge in [-0.15, -0.1) is 0 Å². The second-order valence-electron chi connectivity index (χ2n) is 33.8. The average Bonchev–Trinajstić information content (AvgIpc) is 0.683. The maximum atomic E-state index is 5.97.